The molecule has 2 aliphatic rings. The van der Waals surface area contributed by atoms with Crippen molar-refractivity contribution in [3.05, 3.63) is 36.2 Å². The van der Waals surface area contributed by atoms with Crippen molar-refractivity contribution in [2.45, 2.75) is 18.8 Å². The van der Waals surface area contributed by atoms with Crippen molar-refractivity contribution in [1.82, 2.24) is 15.0 Å². The molecule has 1 saturated carbocycles. The van der Waals surface area contributed by atoms with Gasteiger partial charge in [0.25, 0.3) is 0 Å². The highest BCUT2D eigenvalue weighted by Gasteiger charge is 2.41. The third-order valence-electron chi connectivity index (χ3n) is 3.94. The van der Waals surface area contributed by atoms with Crippen LogP contribution >= 0.6 is 0 Å². The minimum Gasteiger partial charge on any atom is -0.341 e. The molecule has 2 fully saturated rings. The van der Waals surface area contributed by atoms with Crippen LogP contribution in [0.25, 0.3) is 11.4 Å². The SMILES string of the molecule is O=C(C1CC1)N1CC(c2nc(-c3ccccc3)no2)C1. The van der Waals surface area contributed by atoms with Gasteiger partial charge in [-0.05, 0) is 12.8 Å². The first-order valence-corrected chi connectivity index (χ1v) is 6.99. The van der Waals surface area contributed by atoms with Gasteiger partial charge in [-0.15, -0.1) is 0 Å². The van der Waals surface area contributed by atoms with Gasteiger partial charge in [0.2, 0.25) is 17.6 Å². The molecule has 1 aliphatic heterocycles. The van der Waals surface area contributed by atoms with Gasteiger partial charge in [0.05, 0.1) is 5.92 Å². The second kappa shape index (κ2) is 4.44. The Balaban J connectivity index is 1.43. The summed E-state index contributed by atoms with van der Waals surface area (Å²) in [6, 6.07) is 9.77. The lowest BCUT2D eigenvalue weighted by atomic mass is 9.99. The predicted octanol–water partition coefficient (Wildman–Crippen LogP) is 2.07. The van der Waals surface area contributed by atoms with Crippen molar-refractivity contribution >= 4 is 5.91 Å². The lowest BCUT2D eigenvalue weighted by molar-refractivity contribution is -0.137. The van der Waals surface area contributed by atoms with Crippen molar-refractivity contribution in [3.63, 3.8) is 0 Å². The Bertz CT molecular complexity index is 628. The summed E-state index contributed by atoms with van der Waals surface area (Å²) in [5, 5.41) is 4.02. The molecule has 0 unspecified atom stereocenters. The zero-order chi connectivity index (χ0) is 13.5. The number of likely N-dealkylation sites (tertiary alicyclic amines) is 1. The Morgan fingerprint density at radius 2 is 1.95 bits per heavy atom. The van der Waals surface area contributed by atoms with E-state index in [4.69, 9.17) is 4.52 Å². The Hall–Kier alpha value is -2.17. The standard InChI is InChI=1S/C15H15N3O2/c19-15(11-6-7-11)18-8-12(9-18)14-16-13(17-20-14)10-4-2-1-3-5-10/h1-5,11-12H,6-9H2. The largest absolute Gasteiger partial charge is 0.341 e. The van der Waals surface area contributed by atoms with Crippen LogP contribution in [0.5, 0.6) is 0 Å². The molecule has 2 aromatic rings. The van der Waals surface area contributed by atoms with Gasteiger partial charge in [-0.25, -0.2) is 0 Å². The number of carbonyl (C=O) groups is 1. The molecule has 102 valence electrons. The summed E-state index contributed by atoms with van der Waals surface area (Å²) < 4.78 is 5.33. The summed E-state index contributed by atoms with van der Waals surface area (Å²) in [6.07, 6.45) is 2.11. The van der Waals surface area contributed by atoms with Crippen molar-refractivity contribution in [2.24, 2.45) is 5.92 Å². The van der Waals surface area contributed by atoms with Crippen LogP contribution in [-0.4, -0.2) is 34.0 Å². The van der Waals surface area contributed by atoms with Gasteiger partial charge in [-0.1, -0.05) is 35.5 Å². The van der Waals surface area contributed by atoms with Crippen molar-refractivity contribution < 1.29 is 9.32 Å². The van der Waals surface area contributed by atoms with Gasteiger partial charge in [0.1, 0.15) is 0 Å². The van der Waals surface area contributed by atoms with E-state index in [9.17, 15) is 4.79 Å². The van der Waals surface area contributed by atoms with Crippen LogP contribution in [0.2, 0.25) is 0 Å². The zero-order valence-corrected chi connectivity index (χ0v) is 11.0. The molecule has 0 bridgehead atoms. The molecule has 0 spiro atoms. The molecule has 5 nitrogen and oxygen atoms in total. The van der Waals surface area contributed by atoms with Crippen LogP contribution in [0.1, 0.15) is 24.7 Å². The number of rotatable bonds is 3. The summed E-state index contributed by atoms with van der Waals surface area (Å²) in [5.41, 5.74) is 0.952. The fourth-order valence-corrected chi connectivity index (χ4v) is 2.51. The first kappa shape index (κ1) is 11.6. The average Bonchev–Trinajstić information content (AvgIpc) is 3.17. The van der Waals surface area contributed by atoms with Crippen molar-refractivity contribution in [3.8, 4) is 11.4 Å². The van der Waals surface area contributed by atoms with E-state index in [1.54, 1.807) is 0 Å². The normalized spacial score (nSPS) is 18.9. The fraction of sp³-hybridized carbons (Fsp3) is 0.400. The summed E-state index contributed by atoms with van der Waals surface area (Å²) in [6.45, 7) is 1.43. The molecule has 2 heterocycles. The molecule has 1 aromatic heterocycles. The summed E-state index contributed by atoms with van der Waals surface area (Å²) >= 11 is 0. The Kier molecular flexibility index (Phi) is 2.58. The smallest absolute Gasteiger partial charge is 0.233 e. The second-order valence-electron chi connectivity index (χ2n) is 5.54. The van der Waals surface area contributed by atoms with Crippen LogP contribution in [0.15, 0.2) is 34.9 Å². The molecule has 4 rings (SSSR count). The first-order chi connectivity index (χ1) is 9.81. The van der Waals surface area contributed by atoms with E-state index in [1.807, 2.05) is 35.2 Å². The maximum Gasteiger partial charge on any atom is 0.233 e. The lowest BCUT2D eigenvalue weighted by Gasteiger charge is -2.37. The van der Waals surface area contributed by atoms with Crippen LogP contribution in [0.3, 0.4) is 0 Å². The molecule has 5 heteroatoms. The predicted molar refractivity (Wildman–Crippen MR) is 71.8 cm³/mol. The molecule has 0 radical (unpaired) electrons. The van der Waals surface area contributed by atoms with Gasteiger partial charge in [0, 0.05) is 24.6 Å². The molecule has 1 aliphatic carbocycles. The number of aromatic nitrogens is 2. The number of hydrogen-bond acceptors (Lipinski definition) is 4. The Morgan fingerprint density at radius 1 is 1.20 bits per heavy atom. The highest BCUT2D eigenvalue weighted by Crippen LogP contribution is 2.35. The molecular weight excluding hydrogens is 254 g/mol. The van der Waals surface area contributed by atoms with Crippen LogP contribution in [-0.2, 0) is 4.79 Å². The number of nitrogens with zero attached hydrogens (tertiary/aromatic N) is 3. The van der Waals surface area contributed by atoms with E-state index in [-0.39, 0.29) is 5.92 Å². The molecule has 20 heavy (non-hydrogen) atoms. The van der Waals surface area contributed by atoms with E-state index < -0.39 is 0 Å². The van der Waals surface area contributed by atoms with Gasteiger partial charge in [0.15, 0.2) is 0 Å². The Morgan fingerprint density at radius 3 is 2.65 bits per heavy atom. The maximum absolute atomic E-state index is 11.9. The van der Waals surface area contributed by atoms with E-state index in [1.165, 1.54) is 0 Å². The minimum absolute atomic E-state index is 0.197. The molecule has 0 atom stereocenters. The van der Waals surface area contributed by atoms with Gasteiger partial charge in [-0.3, -0.25) is 4.79 Å². The highest BCUT2D eigenvalue weighted by atomic mass is 16.5. The molecule has 1 saturated heterocycles. The van der Waals surface area contributed by atoms with E-state index in [0.717, 1.165) is 18.4 Å². The summed E-state index contributed by atoms with van der Waals surface area (Å²) in [5.74, 6) is 2.04. The number of hydrogen-bond donors (Lipinski definition) is 0. The molecule has 1 amide bonds. The monoisotopic (exact) mass is 269 g/mol. The van der Waals surface area contributed by atoms with Crippen LogP contribution in [0, 0.1) is 5.92 Å². The van der Waals surface area contributed by atoms with Gasteiger partial charge in [-0.2, -0.15) is 4.98 Å². The van der Waals surface area contributed by atoms with Crippen LogP contribution < -0.4 is 0 Å². The maximum atomic E-state index is 11.9. The topological polar surface area (TPSA) is 59.2 Å². The minimum atomic E-state index is 0.197. The summed E-state index contributed by atoms with van der Waals surface area (Å²) in [7, 11) is 0. The van der Waals surface area contributed by atoms with Crippen molar-refractivity contribution in [2.75, 3.05) is 13.1 Å². The van der Waals surface area contributed by atoms with Gasteiger partial charge < -0.3 is 9.42 Å². The third kappa shape index (κ3) is 1.99. The quantitative estimate of drug-likeness (QED) is 0.856. The van der Waals surface area contributed by atoms with Crippen molar-refractivity contribution in [1.29, 1.82) is 0 Å². The van der Waals surface area contributed by atoms with Crippen LogP contribution in [0.4, 0.5) is 0 Å². The Labute approximate surface area is 116 Å². The molecular formula is C15H15N3O2. The molecule has 1 aromatic carbocycles. The number of benzene rings is 1. The molecule has 0 N–H and O–H groups in total. The number of carbonyl (C=O) groups excluding carboxylic acids is 1. The third-order valence-corrected chi connectivity index (χ3v) is 3.94. The first-order valence-electron chi connectivity index (χ1n) is 6.99. The van der Waals surface area contributed by atoms with E-state index >= 15 is 0 Å². The van der Waals surface area contributed by atoms with Gasteiger partial charge >= 0.3 is 0 Å². The fourth-order valence-electron chi connectivity index (χ4n) is 2.51. The van der Waals surface area contributed by atoms with E-state index in [0.29, 0.717) is 36.6 Å². The zero-order valence-electron chi connectivity index (χ0n) is 11.0. The lowest BCUT2D eigenvalue weighted by Crippen LogP contribution is -2.49. The summed E-state index contributed by atoms with van der Waals surface area (Å²) in [4.78, 5) is 18.2. The van der Waals surface area contributed by atoms with E-state index in [2.05, 4.69) is 10.1 Å². The highest BCUT2D eigenvalue weighted by molar-refractivity contribution is 5.82. The average molecular weight is 269 g/mol. The second-order valence-corrected chi connectivity index (χ2v) is 5.54. The number of amides is 1.